The van der Waals surface area contributed by atoms with E-state index in [2.05, 4.69) is 10.4 Å². The van der Waals surface area contributed by atoms with Gasteiger partial charge in [0.2, 0.25) is 5.91 Å². The van der Waals surface area contributed by atoms with Gasteiger partial charge in [0.15, 0.2) is 0 Å². The summed E-state index contributed by atoms with van der Waals surface area (Å²) in [4.78, 5) is 24.8. The van der Waals surface area contributed by atoms with Gasteiger partial charge in [-0.15, -0.1) is 0 Å². The second kappa shape index (κ2) is 7.98. The van der Waals surface area contributed by atoms with Gasteiger partial charge in [0.1, 0.15) is 17.8 Å². The van der Waals surface area contributed by atoms with E-state index in [0.717, 1.165) is 5.56 Å². The van der Waals surface area contributed by atoms with Crippen molar-refractivity contribution >= 4 is 34.9 Å². The summed E-state index contributed by atoms with van der Waals surface area (Å²) in [6, 6.07) is 12.4. The van der Waals surface area contributed by atoms with Crippen LogP contribution in [0.3, 0.4) is 0 Å². The molecule has 1 amide bonds. The number of methoxy groups -OCH3 is 1. The first-order valence-electron chi connectivity index (χ1n) is 8.55. The number of esters is 1. The van der Waals surface area contributed by atoms with Gasteiger partial charge in [-0.25, -0.2) is 4.39 Å². The molecule has 0 radical (unpaired) electrons. The smallest absolute Gasteiger partial charge is 0.319 e. The highest BCUT2D eigenvalue weighted by Crippen LogP contribution is 2.32. The van der Waals surface area contributed by atoms with Crippen molar-refractivity contribution in [2.45, 2.75) is 6.92 Å². The fourth-order valence-corrected chi connectivity index (χ4v) is 3.21. The van der Waals surface area contributed by atoms with Crippen LogP contribution < -0.4 is 5.32 Å². The molecule has 0 aromatic heterocycles. The minimum absolute atomic E-state index is 0.0684. The number of halogens is 2. The first kappa shape index (κ1) is 19.8. The van der Waals surface area contributed by atoms with Gasteiger partial charge < -0.3 is 10.1 Å². The van der Waals surface area contributed by atoms with Gasteiger partial charge in [-0.3, -0.25) is 14.6 Å². The average molecular weight is 404 g/mol. The van der Waals surface area contributed by atoms with E-state index in [4.69, 9.17) is 16.3 Å². The summed E-state index contributed by atoms with van der Waals surface area (Å²) in [6.07, 6.45) is 0. The van der Waals surface area contributed by atoms with Crippen LogP contribution in [0.4, 0.5) is 10.1 Å². The Labute approximate surface area is 166 Å². The summed E-state index contributed by atoms with van der Waals surface area (Å²) in [6.45, 7) is 1.85. The lowest BCUT2D eigenvalue weighted by molar-refractivity contribution is -0.148. The third kappa shape index (κ3) is 4.14. The third-order valence-corrected chi connectivity index (χ3v) is 4.72. The van der Waals surface area contributed by atoms with Gasteiger partial charge in [0.05, 0.1) is 19.4 Å². The van der Waals surface area contributed by atoms with Gasteiger partial charge in [-0.05, 0) is 48.9 Å². The number of rotatable bonds is 5. The van der Waals surface area contributed by atoms with Crippen LogP contribution in [0.2, 0.25) is 5.02 Å². The summed E-state index contributed by atoms with van der Waals surface area (Å²) in [7, 11) is 1.32. The third-order valence-electron chi connectivity index (χ3n) is 4.47. The minimum Gasteiger partial charge on any atom is -0.468 e. The topological polar surface area (TPSA) is 71.0 Å². The number of hydrogen-bond acceptors (Lipinski definition) is 5. The Morgan fingerprint density at radius 2 is 1.86 bits per heavy atom. The molecule has 1 unspecified atom stereocenters. The van der Waals surface area contributed by atoms with Crippen LogP contribution in [-0.2, 0) is 14.3 Å². The molecular weight excluding hydrogens is 385 g/mol. The number of nitrogens with one attached hydrogen (secondary N) is 1. The monoisotopic (exact) mass is 403 g/mol. The van der Waals surface area contributed by atoms with Crippen LogP contribution in [0.5, 0.6) is 0 Å². The summed E-state index contributed by atoms with van der Waals surface area (Å²) in [5, 5.41) is 9.25. The molecule has 0 bridgehead atoms. The molecule has 2 aromatic rings. The molecule has 1 N–H and O–H groups in total. The molecule has 0 aliphatic carbocycles. The number of amides is 1. The molecule has 1 aliphatic heterocycles. The van der Waals surface area contributed by atoms with E-state index in [1.54, 1.807) is 31.2 Å². The number of anilines is 1. The molecule has 6 nitrogen and oxygen atoms in total. The summed E-state index contributed by atoms with van der Waals surface area (Å²) >= 11 is 5.95. The lowest BCUT2D eigenvalue weighted by Crippen LogP contribution is -2.41. The molecule has 8 heteroatoms. The number of nitrogens with zero attached hydrogens (tertiary/aromatic N) is 2. The predicted octanol–water partition coefficient (Wildman–Crippen LogP) is 3.32. The second-order valence-corrected chi connectivity index (χ2v) is 7.09. The Bertz CT molecular complexity index is 915. The summed E-state index contributed by atoms with van der Waals surface area (Å²) < 4.78 is 17.9. The number of hydrazone groups is 1. The predicted molar refractivity (Wildman–Crippen MR) is 105 cm³/mol. The van der Waals surface area contributed by atoms with E-state index >= 15 is 0 Å². The van der Waals surface area contributed by atoms with Crippen molar-refractivity contribution in [2.75, 3.05) is 25.5 Å². The molecule has 0 spiro atoms. The van der Waals surface area contributed by atoms with Crippen LogP contribution in [0.1, 0.15) is 12.5 Å². The lowest BCUT2D eigenvalue weighted by Gasteiger charge is -2.23. The molecule has 1 heterocycles. The Hall–Kier alpha value is -2.93. The zero-order valence-corrected chi connectivity index (χ0v) is 16.2. The van der Waals surface area contributed by atoms with E-state index in [1.807, 2.05) is 0 Å². The van der Waals surface area contributed by atoms with Crippen molar-refractivity contribution in [3.63, 3.8) is 0 Å². The molecule has 146 valence electrons. The molecular formula is C20H19ClFN3O3. The fourth-order valence-electron chi connectivity index (χ4n) is 3.09. The number of carbonyl (C=O) groups is 2. The minimum atomic E-state index is -1.03. The van der Waals surface area contributed by atoms with Crippen LogP contribution in [0, 0.1) is 11.2 Å². The van der Waals surface area contributed by atoms with Crippen LogP contribution in [0.25, 0.3) is 0 Å². The molecule has 2 aromatic carbocycles. The Morgan fingerprint density at radius 3 is 2.46 bits per heavy atom. The van der Waals surface area contributed by atoms with Crippen molar-refractivity contribution in [3.05, 3.63) is 64.9 Å². The van der Waals surface area contributed by atoms with Crippen molar-refractivity contribution in [1.82, 2.24) is 5.01 Å². The number of hydrogen-bond donors (Lipinski definition) is 1. The maximum absolute atomic E-state index is 13.0. The number of ether oxygens (including phenoxy) is 1. The molecule has 28 heavy (non-hydrogen) atoms. The van der Waals surface area contributed by atoms with Gasteiger partial charge >= 0.3 is 5.97 Å². The summed E-state index contributed by atoms with van der Waals surface area (Å²) in [5.41, 5.74) is 0.672. The van der Waals surface area contributed by atoms with E-state index in [1.165, 1.54) is 36.4 Å². The summed E-state index contributed by atoms with van der Waals surface area (Å²) in [5.74, 6) is -1.16. The highest BCUT2D eigenvalue weighted by Gasteiger charge is 2.47. The first-order chi connectivity index (χ1) is 13.3. The molecule has 0 saturated carbocycles. The molecule has 0 saturated heterocycles. The molecule has 3 rings (SSSR count). The van der Waals surface area contributed by atoms with E-state index in [9.17, 15) is 14.0 Å². The van der Waals surface area contributed by atoms with Gasteiger partial charge in [-0.1, -0.05) is 23.7 Å². The maximum atomic E-state index is 13.0. The van der Waals surface area contributed by atoms with Gasteiger partial charge in [0, 0.05) is 10.7 Å². The molecule has 1 atom stereocenters. The van der Waals surface area contributed by atoms with Crippen LogP contribution in [-0.4, -0.2) is 42.8 Å². The Morgan fingerprint density at radius 1 is 1.21 bits per heavy atom. The molecule has 1 aliphatic rings. The first-order valence-corrected chi connectivity index (χ1v) is 8.93. The van der Waals surface area contributed by atoms with Crippen LogP contribution in [0.15, 0.2) is 53.6 Å². The van der Waals surface area contributed by atoms with E-state index in [0.29, 0.717) is 16.4 Å². The largest absolute Gasteiger partial charge is 0.468 e. The number of carbonyl (C=O) groups excluding carboxylic acids is 2. The zero-order valence-electron chi connectivity index (χ0n) is 15.4. The maximum Gasteiger partial charge on any atom is 0.319 e. The quantitative estimate of drug-likeness (QED) is 0.777. The lowest BCUT2D eigenvalue weighted by atomic mass is 9.82. The highest BCUT2D eigenvalue weighted by atomic mass is 35.5. The SMILES string of the molecule is COC(=O)C1(C)CN(CC(=O)Nc2ccc(F)cc2)N=C1c1ccc(Cl)cc1. The highest BCUT2D eigenvalue weighted by molar-refractivity contribution is 6.30. The fraction of sp³-hybridized carbons (Fsp3) is 0.250. The van der Waals surface area contributed by atoms with Gasteiger partial charge in [0.25, 0.3) is 0 Å². The van der Waals surface area contributed by atoms with Crippen molar-refractivity contribution in [2.24, 2.45) is 10.5 Å². The van der Waals surface area contributed by atoms with Crippen molar-refractivity contribution in [3.8, 4) is 0 Å². The van der Waals surface area contributed by atoms with E-state index < -0.39 is 11.4 Å². The Kier molecular flexibility index (Phi) is 5.65. The second-order valence-electron chi connectivity index (χ2n) is 6.66. The Balaban J connectivity index is 1.79. The van der Waals surface area contributed by atoms with E-state index in [-0.39, 0.29) is 24.8 Å². The average Bonchev–Trinajstić information content (AvgIpc) is 3.00. The normalized spacial score (nSPS) is 18.6. The standard InChI is InChI=1S/C20H19ClFN3O3/c1-20(19(27)28-2)12-25(24-18(20)13-3-5-14(21)6-4-13)11-17(26)23-16-9-7-15(22)8-10-16/h3-10H,11-12H2,1-2H3,(H,23,26). The zero-order chi connectivity index (χ0) is 20.3. The molecule has 0 fully saturated rings. The van der Waals surface area contributed by atoms with Crippen molar-refractivity contribution in [1.29, 1.82) is 0 Å². The van der Waals surface area contributed by atoms with Gasteiger partial charge in [-0.2, -0.15) is 5.10 Å². The van der Waals surface area contributed by atoms with Crippen molar-refractivity contribution < 1.29 is 18.7 Å². The number of benzene rings is 2. The van der Waals surface area contributed by atoms with Crippen LogP contribution >= 0.6 is 11.6 Å².